The summed E-state index contributed by atoms with van der Waals surface area (Å²) in [6, 6.07) is 0. The molecule has 2 N–H and O–H groups in total. The molecule has 0 amide bonds. The molecule has 0 aliphatic heterocycles. The van der Waals surface area contributed by atoms with E-state index < -0.39 is 11.2 Å². The largest absolute Gasteiger partial charge is 0.365 e. The Morgan fingerprint density at radius 1 is 1.12 bits per heavy atom. The fraction of sp³-hybridized carbons (Fsp3) is 0.773. The Balaban J connectivity index is 1.75. The van der Waals surface area contributed by atoms with Crippen LogP contribution >= 0.6 is 0 Å². The Morgan fingerprint density at radius 3 is 2.60 bits per heavy atom. The molecule has 0 saturated heterocycles. The minimum absolute atomic E-state index is 0.113. The highest BCUT2D eigenvalue weighted by Crippen LogP contribution is 2.66. The van der Waals surface area contributed by atoms with Crippen molar-refractivity contribution in [2.75, 3.05) is 0 Å². The Morgan fingerprint density at radius 2 is 1.88 bits per heavy atom. The number of aldehydes is 1. The topological polar surface area (TPSA) is 57.5 Å². The van der Waals surface area contributed by atoms with Gasteiger partial charge in [0.05, 0.1) is 0 Å². The van der Waals surface area contributed by atoms with Crippen LogP contribution in [0.15, 0.2) is 23.3 Å². The highest BCUT2D eigenvalue weighted by atomic mass is 16.5. The molecule has 0 aromatic carbocycles. The van der Waals surface area contributed by atoms with Gasteiger partial charge in [-0.05, 0) is 61.7 Å². The van der Waals surface area contributed by atoms with Crippen molar-refractivity contribution in [2.45, 2.75) is 71.5 Å². The van der Waals surface area contributed by atoms with Gasteiger partial charge in [0.2, 0.25) is 0 Å². The quantitative estimate of drug-likeness (QED) is 0.588. The normalized spacial score (nSPS) is 46.2. The molecule has 4 aliphatic rings. The van der Waals surface area contributed by atoms with Gasteiger partial charge in [0.1, 0.15) is 6.29 Å². The van der Waals surface area contributed by atoms with E-state index in [-0.39, 0.29) is 17.3 Å². The molecule has 25 heavy (non-hydrogen) atoms. The van der Waals surface area contributed by atoms with Crippen molar-refractivity contribution in [3.63, 3.8) is 0 Å². The summed E-state index contributed by atoms with van der Waals surface area (Å²) in [4.78, 5) is 11.4. The van der Waals surface area contributed by atoms with Crippen LogP contribution < -0.4 is 0 Å². The zero-order valence-electron chi connectivity index (χ0n) is 15.8. The maximum absolute atomic E-state index is 11.4. The number of carbonyl (C=O) groups is 1. The van der Waals surface area contributed by atoms with Crippen LogP contribution in [0.3, 0.4) is 0 Å². The maximum Gasteiger partial charge on any atom is 0.172 e. The van der Waals surface area contributed by atoms with Gasteiger partial charge in [-0.25, -0.2) is 0 Å². The summed E-state index contributed by atoms with van der Waals surface area (Å²) in [7, 11) is 0. The summed E-state index contributed by atoms with van der Waals surface area (Å²) in [5, 5.41) is 21.8. The van der Waals surface area contributed by atoms with Crippen molar-refractivity contribution >= 4 is 6.29 Å². The van der Waals surface area contributed by atoms with Gasteiger partial charge in [0, 0.05) is 17.8 Å². The van der Waals surface area contributed by atoms with E-state index in [4.69, 9.17) is 0 Å². The second kappa shape index (κ2) is 5.53. The number of hydrogen-bond donors (Lipinski definition) is 2. The van der Waals surface area contributed by atoms with Crippen LogP contribution in [0.2, 0.25) is 0 Å². The molecule has 3 nitrogen and oxygen atoms in total. The molecule has 0 heterocycles. The van der Waals surface area contributed by atoms with Gasteiger partial charge >= 0.3 is 0 Å². The van der Waals surface area contributed by atoms with Crippen LogP contribution in [0, 0.1) is 34.5 Å². The second-order valence-corrected chi connectivity index (χ2v) is 9.56. The molecule has 4 aliphatic carbocycles. The Hall–Kier alpha value is -0.930. The van der Waals surface area contributed by atoms with E-state index in [1.807, 2.05) is 0 Å². The lowest BCUT2D eigenvalue weighted by molar-refractivity contribution is -0.254. The highest BCUT2D eigenvalue weighted by Gasteiger charge is 2.61. The fourth-order valence-electron chi connectivity index (χ4n) is 7.11. The highest BCUT2D eigenvalue weighted by molar-refractivity contribution is 5.54. The van der Waals surface area contributed by atoms with Crippen molar-refractivity contribution in [3.8, 4) is 0 Å². The molecule has 4 rings (SSSR count). The summed E-state index contributed by atoms with van der Waals surface area (Å²) in [6.07, 6.45) is 12.2. The Kier molecular flexibility index (Phi) is 3.87. The monoisotopic (exact) mass is 344 g/mol. The third-order valence-corrected chi connectivity index (χ3v) is 8.68. The van der Waals surface area contributed by atoms with Gasteiger partial charge in [0.15, 0.2) is 5.79 Å². The molecule has 3 saturated carbocycles. The van der Waals surface area contributed by atoms with E-state index in [0.717, 1.165) is 44.8 Å². The number of carbonyl (C=O) groups excluding carboxylic acids is 1. The van der Waals surface area contributed by atoms with Gasteiger partial charge in [-0.2, -0.15) is 0 Å². The minimum atomic E-state index is -1.61. The van der Waals surface area contributed by atoms with Crippen LogP contribution in [-0.4, -0.2) is 22.3 Å². The molecular formula is C22H32O3. The number of hydrogen-bond acceptors (Lipinski definition) is 3. The molecule has 6 atom stereocenters. The van der Waals surface area contributed by atoms with E-state index in [0.29, 0.717) is 18.3 Å². The van der Waals surface area contributed by atoms with E-state index >= 15 is 0 Å². The molecule has 0 aromatic heterocycles. The molecule has 0 spiro atoms. The van der Waals surface area contributed by atoms with Gasteiger partial charge in [-0.15, -0.1) is 0 Å². The van der Waals surface area contributed by atoms with Gasteiger partial charge in [-0.1, -0.05) is 44.1 Å². The van der Waals surface area contributed by atoms with E-state index in [1.54, 1.807) is 0 Å². The molecule has 1 unspecified atom stereocenters. The second-order valence-electron chi connectivity index (χ2n) is 9.56. The minimum Gasteiger partial charge on any atom is -0.365 e. The molecule has 0 radical (unpaired) electrons. The van der Waals surface area contributed by atoms with Gasteiger partial charge in [-0.3, -0.25) is 0 Å². The number of rotatable bonds is 2. The van der Waals surface area contributed by atoms with Crippen LogP contribution in [0.4, 0.5) is 0 Å². The average molecular weight is 344 g/mol. The third-order valence-electron chi connectivity index (χ3n) is 8.68. The molecular weight excluding hydrogens is 312 g/mol. The number of allylic oxidation sites excluding steroid dienone is 3. The zero-order valence-corrected chi connectivity index (χ0v) is 15.8. The average Bonchev–Trinajstić information content (AvgIpc) is 2.92. The molecule has 3 fully saturated rings. The molecule has 0 bridgehead atoms. The zero-order chi connectivity index (χ0) is 18.0. The van der Waals surface area contributed by atoms with Crippen molar-refractivity contribution < 1.29 is 15.0 Å². The number of aliphatic hydroxyl groups is 2. The van der Waals surface area contributed by atoms with Crippen molar-refractivity contribution in [2.24, 2.45) is 34.5 Å². The van der Waals surface area contributed by atoms with E-state index in [9.17, 15) is 15.0 Å². The SMILES string of the molecule is CC(C=O)[C@H]1CC[C@H]2C3=CC=C4CCCC(O)(O)[C@]4(C)[C@H]3CC[C@]12C. The molecule has 0 aromatic rings. The summed E-state index contributed by atoms with van der Waals surface area (Å²) in [5.41, 5.74) is 2.27. The van der Waals surface area contributed by atoms with E-state index in [2.05, 4.69) is 32.9 Å². The van der Waals surface area contributed by atoms with Crippen molar-refractivity contribution in [3.05, 3.63) is 23.3 Å². The Bertz CT molecular complexity index is 646. The fourth-order valence-corrected chi connectivity index (χ4v) is 7.11. The number of fused-ring (bicyclic) bond motifs is 5. The molecule has 3 heteroatoms. The maximum atomic E-state index is 11.4. The first-order valence-corrected chi connectivity index (χ1v) is 10.1. The smallest absolute Gasteiger partial charge is 0.172 e. The lowest BCUT2D eigenvalue weighted by Gasteiger charge is -2.58. The predicted octanol–water partition coefficient (Wildman–Crippen LogP) is 4.00. The summed E-state index contributed by atoms with van der Waals surface area (Å²) >= 11 is 0. The first-order chi connectivity index (χ1) is 11.8. The summed E-state index contributed by atoms with van der Waals surface area (Å²) < 4.78 is 0. The van der Waals surface area contributed by atoms with Gasteiger partial charge < -0.3 is 15.0 Å². The van der Waals surface area contributed by atoms with Crippen LogP contribution in [0.5, 0.6) is 0 Å². The summed E-state index contributed by atoms with van der Waals surface area (Å²) in [5.74, 6) is -0.336. The summed E-state index contributed by atoms with van der Waals surface area (Å²) in [6.45, 7) is 6.53. The lowest BCUT2D eigenvalue weighted by Crippen LogP contribution is -2.57. The van der Waals surface area contributed by atoms with Crippen molar-refractivity contribution in [1.29, 1.82) is 0 Å². The van der Waals surface area contributed by atoms with Crippen LogP contribution in [0.1, 0.15) is 65.7 Å². The van der Waals surface area contributed by atoms with Gasteiger partial charge in [0.25, 0.3) is 0 Å². The standard InChI is InChI=1S/C22H32O3/c1-14(13-23)17-8-9-18-16-7-6-15-5-4-11-22(24,25)21(15,3)19(16)10-12-20(17,18)2/h6-7,13-14,17-19,24-25H,4-5,8-12H2,1-3H3/t14?,17-,18+,19+,20-,21+/m1/s1. The first kappa shape index (κ1) is 17.5. The lowest BCUT2D eigenvalue weighted by atomic mass is 9.48. The first-order valence-electron chi connectivity index (χ1n) is 10.1. The van der Waals surface area contributed by atoms with E-state index in [1.165, 1.54) is 11.1 Å². The predicted molar refractivity (Wildman–Crippen MR) is 97.6 cm³/mol. The van der Waals surface area contributed by atoms with Crippen LogP contribution in [-0.2, 0) is 4.79 Å². The molecule has 138 valence electrons. The van der Waals surface area contributed by atoms with Crippen LogP contribution in [0.25, 0.3) is 0 Å². The third kappa shape index (κ3) is 2.15. The van der Waals surface area contributed by atoms with Crippen molar-refractivity contribution in [1.82, 2.24) is 0 Å². The Labute approximate surface area is 151 Å².